The van der Waals surface area contributed by atoms with Gasteiger partial charge in [-0.1, -0.05) is 36.4 Å². The average molecular weight is 221 g/mol. The predicted molar refractivity (Wildman–Crippen MR) is 75.1 cm³/mol. The van der Waals surface area contributed by atoms with Crippen molar-refractivity contribution in [1.29, 1.82) is 0 Å². The summed E-state index contributed by atoms with van der Waals surface area (Å²) < 4.78 is 2.24. The average Bonchev–Trinajstić information content (AvgIpc) is 2.64. The molecule has 0 aliphatic carbocycles. The van der Waals surface area contributed by atoms with E-state index in [2.05, 4.69) is 60.7 Å². The van der Waals surface area contributed by atoms with E-state index < -0.39 is 0 Å². The molecule has 17 heavy (non-hydrogen) atoms. The molecule has 0 aliphatic rings. The van der Waals surface area contributed by atoms with E-state index in [0.717, 1.165) is 5.57 Å². The maximum absolute atomic E-state index is 4.01. The summed E-state index contributed by atoms with van der Waals surface area (Å²) in [5, 5.41) is 2.62. The lowest BCUT2D eigenvalue weighted by Crippen LogP contribution is -1.86. The molecule has 2 aromatic carbocycles. The minimum absolute atomic E-state index is 1.11. The zero-order valence-corrected chi connectivity index (χ0v) is 10.2. The highest BCUT2D eigenvalue weighted by atomic mass is 14.9. The second kappa shape index (κ2) is 3.49. The molecule has 0 saturated heterocycles. The third-order valence-electron chi connectivity index (χ3n) is 3.41. The van der Waals surface area contributed by atoms with Crippen LogP contribution in [0, 0.1) is 0 Å². The summed E-state index contributed by atoms with van der Waals surface area (Å²) in [7, 11) is 2.12. The number of fused-ring (bicyclic) bond motifs is 3. The van der Waals surface area contributed by atoms with Crippen molar-refractivity contribution in [3.8, 4) is 0 Å². The van der Waals surface area contributed by atoms with Gasteiger partial charge < -0.3 is 4.57 Å². The fourth-order valence-corrected chi connectivity index (χ4v) is 2.43. The summed E-state index contributed by atoms with van der Waals surface area (Å²) in [5.74, 6) is 0. The van der Waals surface area contributed by atoms with Crippen LogP contribution in [0.25, 0.3) is 27.4 Å². The summed E-state index contributed by atoms with van der Waals surface area (Å²) >= 11 is 0. The van der Waals surface area contributed by atoms with E-state index in [9.17, 15) is 0 Å². The van der Waals surface area contributed by atoms with Crippen LogP contribution in [-0.2, 0) is 7.05 Å². The van der Waals surface area contributed by atoms with E-state index >= 15 is 0 Å². The number of aromatic nitrogens is 1. The Balaban J connectivity index is 2.50. The smallest absolute Gasteiger partial charge is 0.0489 e. The third kappa shape index (κ3) is 1.39. The molecule has 84 valence electrons. The molecule has 0 bridgehead atoms. The molecule has 0 N–H and O–H groups in total. The Morgan fingerprint density at radius 3 is 2.47 bits per heavy atom. The highest BCUT2D eigenvalue weighted by Crippen LogP contribution is 2.29. The van der Waals surface area contributed by atoms with Crippen LogP contribution in [0.4, 0.5) is 0 Å². The molecule has 1 aromatic heterocycles. The van der Waals surface area contributed by atoms with Crippen molar-refractivity contribution in [2.75, 3.05) is 0 Å². The van der Waals surface area contributed by atoms with E-state index in [1.165, 1.54) is 27.4 Å². The van der Waals surface area contributed by atoms with E-state index in [1.54, 1.807) is 0 Å². The van der Waals surface area contributed by atoms with Gasteiger partial charge in [0.2, 0.25) is 0 Å². The van der Waals surface area contributed by atoms with Gasteiger partial charge >= 0.3 is 0 Å². The lowest BCUT2D eigenvalue weighted by atomic mass is 10.1. The third-order valence-corrected chi connectivity index (χ3v) is 3.41. The number of para-hydroxylation sites is 1. The van der Waals surface area contributed by atoms with Crippen LogP contribution in [0.15, 0.2) is 49.0 Å². The van der Waals surface area contributed by atoms with Crippen LogP contribution >= 0.6 is 0 Å². The van der Waals surface area contributed by atoms with Crippen molar-refractivity contribution in [3.63, 3.8) is 0 Å². The summed E-state index contributed by atoms with van der Waals surface area (Å²) in [6, 6.07) is 15.1. The van der Waals surface area contributed by atoms with Gasteiger partial charge in [0.05, 0.1) is 0 Å². The molecule has 0 fully saturated rings. The van der Waals surface area contributed by atoms with Crippen molar-refractivity contribution in [2.45, 2.75) is 6.92 Å². The second-order valence-electron chi connectivity index (χ2n) is 4.59. The lowest BCUT2D eigenvalue weighted by molar-refractivity contribution is 1.01. The zero-order valence-electron chi connectivity index (χ0n) is 10.2. The summed E-state index contributed by atoms with van der Waals surface area (Å²) in [5.41, 5.74) is 4.88. The molecular formula is C16H15N. The van der Waals surface area contributed by atoms with E-state index in [0.29, 0.717) is 0 Å². The van der Waals surface area contributed by atoms with Crippen LogP contribution in [-0.4, -0.2) is 4.57 Å². The minimum Gasteiger partial charge on any atom is -0.344 e. The van der Waals surface area contributed by atoms with Gasteiger partial charge in [0.15, 0.2) is 0 Å². The van der Waals surface area contributed by atoms with E-state index in [-0.39, 0.29) is 0 Å². The van der Waals surface area contributed by atoms with Gasteiger partial charge in [-0.15, -0.1) is 0 Å². The van der Waals surface area contributed by atoms with Crippen molar-refractivity contribution < 1.29 is 0 Å². The normalized spacial score (nSPS) is 11.2. The Morgan fingerprint density at radius 1 is 1.00 bits per heavy atom. The number of aryl methyl sites for hydroxylation is 1. The SMILES string of the molecule is C=C(C)c1ccc2c(c1)c1ccccc1n2C. The van der Waals surface area contributed by atoms with Crippen molar-refractivity contribution in [2.24, 2.45) is 7.05 Å². The fraction of sp³-hybridized carbons (Fsp3) is 0.125. The molecule has 3 aromatic rings. The fourth-order valence-electron chi connectivity index (χ4n) is 2.43. The monoisotopic (exact) mass is 221 g/mol. The molecule has 0 spiro atoms. The molecular weight excluding hydrogens is 206 g/mol. The molecule has 0 unspecified atom stereocenters. The van der Waals surface area contributed by atoms with Gasteiger partial charge in [0, 0.05) is 28.9 Å². The molecule has 1 heteroatoms. The quantitative estimate of drug-likeness (QED) is 0.575. The second-order valence-corrected chi connectivity index (χ2v) is 4.59. The first-order valence-electron chi connectivity index (χ1n) is 5.81. The van der Waals surface area contributed by atoms with Crippen molar-refractivity contribution in [1.82, 2.24) is 4.57 Å². The van der Waals surface area contributed by atoms with Crippen molar-refractivity contribution in [3.05, 3.63) is 54.6 Å². The van der Waals surface area contributed by atoms with Crippen LogP contribution in [0.1, 0.15) is 12.5 Å². The summed E-state index contributed by atoms with van der Waals surface area (Å²) in [6.45, 7) is 6.06. The zero-order chi connectivity index (χ0) is 12.0. The Morgan fingerprint density at radius 2 is 1.71 bits per heavy atom. The molecule has 0 radical (unpaired) electrons. The Labute approximate surface area is 101 Å². The number of allylic oxidation sites excluding steroid dienone is 1. The highest BCUT2D eigenvalue weighted by molar-refractivity contribution is 6.08. The largest absolute Gasteiger partial charge is 0.344 e. The molecule has 0 aliphatic heterocycles. The Hall–Kier alpha value is -2.02. The summed E-state index contributed by atoms with van der Waals surface area (Å²) in [6.07, 6.45) is 0. The predicted octanol–water partition coefficient (Wildman–Crippen LogP) is 4.36. The summed E-state index contributed by atoms with van der Waals surface area (Å²) in [4.78, 5) is 0. The van der Waals surface area contributed by atoms with Crippen LogP contribution in [0.3, 0.4) is 0 Å². The van der Waals surface area contributed by atoms with Gasteiger partial charge in [-0.25, -0.2) is 0 Å². The Kier molecular flexibility index (Phi) is 2.08. The molecule has 0 saturated carbocycles. The minimum atomic E-state index is 1.11. The maximum atomic E-state index is 4.01. The molecule has 0 atom stereocenters. The van der Waals surface area contributed by atoms with Gasteiger partial charge in [0.1, 0.15) is 0 Å². The first-order chi connectivity index (χ1) is 8.18. The van der Waals surface area contributed by atoms with Gasteiger partial charge in [-0.3, -0.25) is 0 Å². The molecule has 1 nitrogen and oxygen atoms in total. The van der Waals surface area contributed by atoms with Crippen LogP contribution < -0.4 is 0 Å². The van der Waals surface area contributed by atoms with E-state index in [1.807, 2.05) is 6.92 Å². The first-order valence-corrected chi connectivity index (χ1v) is 5.81. The van der Waals surface area contributed by atoms with Crippen LogP contribution in [0.5, 0.6) is 0 Å². The molecule has 0 amide bonds. The molecule has 3 rings (SSSR count). The number of benzene rings is 2. The molecule has 1 heterocycles. The maximum Gasteiger partial charge on any atom is 0.0489 e. The number of nitrogens with zero attached hydrogens (tertiary/aromatic N) is 1. The van der Waals surface area contributed by atoms with Gasteiger partial charge in [0.25, 0.3) is 0 Å². The van der Waals surface area contributed by atoms with Gasteiger partial charge in [-0.2, -0.15) is 0 Å². The topological polar surface area (TPSA) is 4.93 Å². The lowest BCUT2D eigenvalue weighted by Gasteiger charge is -2.01. The first kappa shape index (κ1) is 10.2. The standard InChI is InChI=1S/C16H15N/c1-11(2)12-8-9-16-14(10-12)13-6-4-5-7-15(13)17(16)3/h4-10H,1H2,2-3H3. The number of hydrogen-bond acceptors (Lipinski definition) is 0. The van der Waals surface area contributed by atoms with Crippen molar-refractivity contribution >= 4 is 27.4 Å². The van der Waals surface area contributed by atoms with Crippen LogP contribution in [0.2, 0.25) is 0 Å². The Bertz CT molecular complexity index is 732. The number of hydrogen-bond donors (Lipinski definition) is 0. The number of rotatable bonds is 1. The van der Waals surface area contributed by atoms with Gasteiger partial charge in [-0.05, 0) is 30.7 Å². The highest BCUT2D eigenvalue weighted by Gasteiger charge is 2.07. The van der Waals surface area contributed by atoms with E-state index in [4.69, 9.17) is 0 Å².